The summed E-state index contributed by atoms with van der Waals surface area (Å²) in [7, 11) is 0. The van der Waals surface area contributed by atoms with E-state index in [9.17, 15) is 4.79 Å². The number of halogens is 2. The molecule has 2 atom stereocenters. The van der Waals surface area contributed by atoms with Crippen molar-refractivity contribution < 1.29 is 9.53 Å². The van der Waals surface area contributed by atoms with Gasteiger partial charge in [-0.3, -0.25) is 0 Å². The summed E-state index contributed by atoms with van der Waals surface area (Å²) in [5.74, 6) is 1.88. The van der Waals surface area contributed by atoms with Crippen molar-refractivity contribution >= 4 is 34.8 Å². The Kier molecular flexibility index (Phi) is 5.99. The fourth-order valence-corrected chi connectivity index (χ4v) is 3.53. The topological polar surface area (TPSA) is 55.3 Å². The average molecular weight is 394 g/mol. The Morgan fingerprint density at radius 1 is 1.35 bits per heavy atom. The maximum Gasteiger partial charge on any atom is 0.224 e. The van der Waals surface area contributed by atoms with Crippen LogP contribution in [0, 0.1) is 0 Å². The predicted molar refractivity (Wildman–Crippen MR) is 103 cm³/mol. The first-order valence-corrected chi connectivity index (χ1v) is 9.37. The number of carbonyl (C=O) groups is 1. The molecule has 1 aliphatic heterocycles. The van der Waals surface area contributed by atoms with Gasteiger partial charge in [0.1, 0.15) is 22.7 Å². The second kappa shape index (κ2) is 8.23. The highest BCUT2D eigenvalue weighted by molar-refractivity contribution is 6.33. The Hall–Kier alpha value is -1.85. The molecule has 2 aromatic rings. The van der Waals surface area contributed by atoms with Gasteiger partial charge in [-0.2, -0.15) is 4.98 Å². The highest BCUT2D eigenvalue weighted by Crippen LogP contribution is 2.29. The number of rotatable bonds is 6. The first-order chi connectivity index (χ1) is 12.4. The summed E-state index contributed by atoms with van der Waals surface area (Å²) in [4.78, 5) is 21.4. The number of nitrogens with zero attached hydrogens (tertiary/aromatic N) is 3. The lowest BCUT2D eigenvalue weighted by Crippen LogP contribution is -2.25. The van der Waals surface area contributed by atoms with Crippen LogP contribution in [0.25, 0.3) is 0 Å². The Bertz CT molecular complexity index is 783. The van der Waals surface area contributed by atoms with E-state index in [1.165, 1.54) is 6.20 Å². The van der Waals surface area contributed by atoms with Crippen molar-refractivity contribution in [3.8, 4) is 5.75 Å². The van der Waals surface area contributed by atoms with Crippen LogP contribution in [0.4, 0.5) is 5.82 Å². The Morgan fingerprint density at radius 2 is 2.08 bits per heavy atom. The molecule has 2 heterocycles. The smallest absolute Gasteiger partial charge is 0.224 e. The van der Waals surface area contributed by atoms with Gasteiger partial charge < -0.3 is 14.4 Å². The van der Waals surface area contributed by atoms with Crippen molar-refractivity contribution in [1.82, 2.24) is 9.97 Å². The third-order valence-electron chi connectivity index (χ3n) is 4.49. The van der Waals surface area contributed by atoms with E-state index in [4.69, 9.17) is 27.9 Å². The van der Waals surface area contributed by atoms with E-state index < -0.39 is 0 Å². The summed E-state index contributed by atoms with van der Waals surface area (Å²) in [5.41, 5.74) is 1.14. The molecule has 138 valence electrons. The van der Waals surface area contributed by atoms with Gasteiger partial charge in [-0.05, 0) is 42.1 Å². The molecule has 1 fully saturated rings. The molecule has 1 saturated heterocycles. The molecule has 0 amide bonds. The zero-order valence-corrected chi connectivity index (χ0v) is 16.3. The molecule has 7 heteroatoms. The maximum atomic E-state index is 11.3. The van der Waals surface area contributed by atoms with Crippen molar-refractivity contribution in [3.05, 3.63) is 46.3 Å². The molecule has 0 bridgehead atoms. The number of aromatic nitrogens is 2. The van der Waals surface area contributed by atoms with Gasteiger partial charge in [0.15, 0.2) is 5.82 Å². The van der Waals surface area contributed by atoms with Gasteiger partial charge in [-0.1, -0.05) is 30.7 Å². The first kappa shape index (κ1) is 18.9. The Labute approximate surface area is 163 Å². The first-order valence-electron chi connectivity index (χ1n) is 8.61. The fraction of sp³-hybridized carbons (Fsp3) is 0.421. The van der Waals surface area contributed by atoms with Crippen molar-refractivity contribution in [1.29, 1.82) is 0 Å². The van der Waals surface area contributed by atoms with Gasteiger partial charge in [0.05, 0.1) is 12.7 Å². The van der Waals surface area contributed by atoms with E-state index in [1.54, 1.807) is 6.92 Å². The molecule has 3 rings (SSSR count). The number of anilines is 1. The van der Waals surface area contributed by atoms with E-state index in [2.05, 4.69) is 21.8 Å². The normalized spacial score (nSPS) is 18.0. The summed E-state index contributed by atoms with van der Waals surface area (Å²) >= 11 is 12.1. The van der Waals surface area contributed by atoms with Crippen LogP contribution in [-0.4, -0.2) is 34.9 Å². The summed E-state index contributed by atoms with van der Waals surface area (Å²) in [6.07, 6.45) is 3.00. The lowest BCUT2D eigenvalue weighted by Gasteiger charge is -2.19. The number of Topliss-reactive ketones (excluding diaryl/α,β-unsaturated/α-hetero) is 1. The zero-order valence-electron chi connectivity index (χ0n) is 14.8. The number of carbonyl (C=O) groups excluding carboxylic acids is 1. The van der Waals surface area contributed by atoms with E-state index in [0.29, 0.717) is 23.8 Å². The van der Waals surface area contributed by atoms with Gasteiger partial charge in [0.2, 0.25) is 5.28 Å². The molecule has 1 aromatic heterocycles. The molecule has 0 N–H and O–H groups in total. The van der Waals surface area contributed by atoms with Crippen LogP contribution < -0.4 is 9.64 Å². The molecule has 0 radical (unpaired) electrons. The van der Waals surface area contributed by atoms with Crippen LogP contribution in [0.2, 0.25) is 10.3 Å². The average Bonchev–Trinajstić information content (AvgIpc) is 3.05. The number of ketones is 1. The minimum absolute atomic E-state index is 0.0558. The molecule has 0 spiro atoms. The van der Waals surface area contributed by atoms with Crippen LogP contribution in [0.15, 0.2) is 30.5 Å². The maximum absolute atomic E-state index is 11.3. The lowest BCUT2D eigenvalue weighted by atomic mass is 9.96. The highest BCUT2D eigenvalue weighted by Gasteiger charge is 2.27. The molecule has 26 heavy (non-hydrogen) atoms. The number of benzene rings is 1. The fourth-order valence-electron chi connectivity index (χ4n) is 3.19. The van der Waals surface area contributed by atoms with Crippen molar-refractivity contribution in [3.63, 3.8) is 0 Å². The highest BCUT2D eigenvalue weighted by atomic mass is 35.5. The van der Waals surface area contributed by atoms with Crippen LogP contribution in [0.5, 0.6) is 5.75 Å². The second-order valence-electron chi connectivity index (χ2n) is 6.66. The number of ether oxygens (including phenoxy) is 1. The van der Waals surface area contributed by atoms with Gasteiger partial charge in [0.25, 0.3) is 0 Å². The van der Waals surface area contributed by atoms with Gasteiger partial charge in [-0.15, -0.1) is 0 Å². The largest absolute Gasteiger partial charge is 0.489 e. The predicted octanol–water partition coefficient (Wildman–Crippen LogP) is 4.52. The summed E-state index contributed by atoms with van der Waals surface area (Å²) in [6, 6.07) is 7.97. The molecule has 5 nitrogen and oxygen atoms in total. The SMILES string of the molecule is CC(=O)C[C@@H](C)c1ccc(O[C@@H]2CCN(c3nc(Cl)ncc3Cl)C2)cc1. The van der Waals surface area contributed by atoms with Crippen LogP contribution in [0.1, 0.15) is 38.2 Å². The minimum atomic E-state index is 0.0558. The van der Waals surface area contributed by atoms with Crippen LogP contribution >= 0.6 is 23.2 Å². The number of hydrogen-bond acceptors (Lipinski definition) is 5. The van der Waals surface area contributed by atoms with E-state index in [-0.39, 0.29) is 23.1 Å². The van der Waals surface area contributed by atoms with Crippen molar-refractivity contribution in [2.45, 2.75) is 38.7 Å². The Morgan fingerprint density at radius 3 is 2.77 bits per heavy atom. The monoisotopic (exact) mass is 393 g/mol. The van der Waals surface area contributed by atoms with Gasteiger partial charge in [0, 0.05) is 19.4 Å². The quantitative estimate of drug-likeness (QED) is 0.674. The van der Waals surface area contributed by atoms with E-state index in [0.717, 1.165) is 24.3 Å². The third-order valence-corrected chi connectivity index (χ3v) is 4.94. The summed E-state index contributed by atoms with van der Waals surface area (Å²) in [6.45, 7) is 5.17. The summed E-state index contributed by atoms with van der Waals surface area (Å²) in [5, 5.41) is 0.669. The molecule has 1 aliphatic rings. The molecular weight excluding hydrogens is 373 g/mol. The van der Waals surface area contributed by atoms with Crippen molar-refractivity contribution in [2.24, 2.45) is 0 Å². The molecule has 0 saturated carbocycles. The van der Waals surface area contributed by atoms with Gasteiger partial charge >= 0.3 is 0 Å². The summed E-state index contributed by atoms with van der Waals surface area (Å²) < 4.78 is 6.08. The minimum Gasteiger partial charge on any atom is -0.489 e. The molecule has 1 aromatic carbocycles. The van der Waals surface area contributed by atoms with Gasteiger partial charge in [-0.25, -0.2) is 4.98 Å². The molecule has 0 aliphatic carbocycles. The van der Waals surface area contributed by atoms with E-state index in [1.807, 2.05) is 24.3 Å². The van der Waals surface area contributed by atoms with Crippen LogP contribution in [0.3, 0.4) is 0 Å². The van der Waals surface area contributed by atoms with Crippen molar-refractivity contribution in [2.75, 3.05) is 18.0 Å². The second-order valence-corrected chi connectivity index (χ2v) is 7.41. The third kappa shape index (κ3) is 4.65. The number of hydrogen-bond donors (Lipinski definition) is 0. The Balaban J connectivity index is 1.60. The zero-order chi connectivity index (χ0) is 18.7. The molecule has 0 unspecified atom stereocenters. The standard InChI is InChI=1S/C19H21Cl2N3O2/c1-12(9-13(2)25)14-3-5-15(6-4-14)26-16-7-8-24(11-16)18-17(20)10-22-19(21)23-18/h3-6,10,12,16H,7-9,11H2,1-2H3/t12-,16-/m1/s1. The van der Waals surface area contributed by atoms with Crippen LogP contribution in [-0.2, 0) is 4.79 Å². The molecular formula is C19H21Cl2N3O2. The van der Waals surface area contributed by atoms with E-state index >= 15 is 0 Å². The lowest BCUT2D eigenvalue weighted by molar-refractivity contribution is -0.117.